The normalized spacial score (nSPS) is 10.7. The molecule has 0 saturated heterocycles. The SMILES string of the molecule is O=C(Cc1ccc(OCc2ccccc2)cc1)OCc1ccc(COCOCc2ccc(OCc3ccccc3)cc2)cc1. The highest BCUT2D eigenvalue weighted by Crippen LogP contribution is 2.17. The highest BCUT2D eigenvalue weighted by Gasteiger charge is 2.07. The van der Waals surface area contributed by atoms with E-state index in [0.717, 1.165) is 44.9 Å². The molecule has 0 unspecified atom stereocenters. The molecule has 5 aromatic carbocycles. The van der Waals surface area contributed by atoms with Crippen LogP contribution in [0.1, 0.15) is 33.4 Å². The Labute approximate surface area is 258 Å². The summed E-state index contributed by atoms with van der Waals surface area (Å²) in [5, 5.41) is 0. The summed E-state index contributed by atoms with van der Waals surface area (Å²) in [5.41, 5.74) is 6.09. The topological polar surface area (TPSA) is 63.2 Å². The van der Waals surface area contributed by atoms with Gasteiger partial charge in [-0.3, -0.25) is 4.79 Å². The molecule has 0 spiro atoms. The second kappa shape index (κ2) is 16.7. The lowest BCUT2D eigenvalue weighted by Gasteiger charge is -2.09. The predicted octanol–water partition coefficient (Wildman–Crippen LogP) is 7.82. The maximum atomic E-state index is 12.4. The van der Waals surface area contributed by atoms with Crippen molar-refractivity contribution >= 4 is 5.97 Å². The Morgan fingerprint density at radius 3 is 1.27 bits per heavy atom. The third-order valence-electron chi connectivity index (χ3n) is 6.82. The molecule has 0 fully saturated rings. The van der Waals surface area contributed by atoms with E-state index in [-0.39, 0.29) is 25.8 Å². The van der Waals surface area contributed by atoms with Gasteiger partial charge in [0, 0.05) is 0 Å². The lowest BCUT2D eigenvalue weighted by Crippen LogP contribution is -2.08. The lowest BCUT2D eigenvalue weighted by atomic mass is 10.1. The Balaban J connectivity index is 0.934. The molecule has 44 heavy (non-hydrogen) atoms. The van der Waals surface area contributed by atoms with Gasteiger partial charge in [0.1, 0.15) is 38.1 Å². The summed E-state index contributed by atoms with van der Waals surface area (Å²) in [6.45, 7) is 2.33. The van der Waals surface area contributed by atoms with E-state index in [4.69, 9.17) is 23.7 Å². The largest absolute Gasteiger partial charge is 0.489 e. The van der Waals surface area contributed by atoms with Crippen LogP contribution in [0.25, 0.3) is 0 Å². The number of carbonyl (C=O) groups excluding carboxylic acids is 1. The van der Waals surface area contributed by atoms with Crippen molar-refractivity contribution in [1.82, 2.24) is 0 Å². The maximum Gasteiger partial charge on any atom is 0.310 e. The second-order valence-corrected chi connectivity index (χ2v) is 10.3. The van der Waals surface area contributed by atoms with Crippen LogP contribution in [0.5, 0.6) is 11.5 Å². The zero-order chi connectivity index (χ0) is 30.2. The molecule has 224 valence electrons. The Morgan fingerprint density at radius 2 is 0.795 bits per heavy atom. The number of hydrogen-bond acceptors (Lipinski definition) is 6. The maximum absolute atomic E-state index is 12.4. The molecular formula is C38H36O6. The average Bonchev–Trinajstić information content (AvgIpc) is 3.08. The van der Waals surface area contributed by atoms with Crippen molar-refractivity contribution in [1.29, 1.82) is 0 Å². The fourth-order valence-corrected chi connectivity index (χ4v) is 4.36. The van der Waals surface area contributed by atoms with Crippen molar-refractivity contribution in [3.63, 3.8) is 0 Å². The zero-order valence-corrected chi connectivity index (χ0v) is 24.6. The first-order valence-electron chi connectivity index (χ1n) is 14.6. The van der Waals surface area contributed by atoms with E-state index >= 15 is 0 Å². The molecule has 0 aliphatic carbocycles. The third kappa shape index (κ3) is 10.4. The fourth-order valence-electron chi connectivity index (χ4n) is 4.36. The van der Waals surface area contributed by atoms with Crippen molar-refractivity contribution < 1.29 is 28.5 Å². The van der Waals surface area contributed by atoms with Crippen LogP contribution in [-0.4, -0.2) is 12.8 Å². The Morgan fingerprint density at radius 1 is 0.409 bits per heavy atom. The fraction of sp³-hybridized carbons (Fsp3) is 0.184. The molecule has 0 aliphatic rings. The highest BCUT2D eigenvalue weighted by molar-refractivity contribution is 5.72. The van der Waals surface area contributed by atoms with Crippen LogP contribution in [0.4, 0.5) is 0 Å². The lowest BCUT2D eigenvalue weighted by molar-refractivity contribution is -0.144. The van der Waals surface area contributed by atoms with Gasteiger partial charge in [0.15, 0.2) is 0 Å². The van der Waals surface area contributed by atoms with Gasteiger partial charge in [0.25, 0.3) is 0 Å². The summed E-state index contributed by atoms with van der Waals surface area (Å²) in [6, 6.07) is 43.3. The van der Waals surface area contributed by atoms with Crippen LogP contribution in [0.15, 0.2) is 133 Å². The number of rotatable bonds is 16. The van der Waals surface area contributed by atoms with Crippen molar-refractivity contribution in [3.8, 4) is 11.5 Å². The first-order chi connectivity index (χ1) is 21.7. The molecule has 0 N–H and O–H groups in total. The summed E-state index contributed by atoms with van der Waals surface area (Å²) in [5.74, 6) is 1.31. The summed E-state index contributed by atoms with van der Waals surface area (Å²) in [7, 11) is 0. The first kappa shape index (κ1) is 30.5. The van der Waals surface area contributed by atoms with Gasteiger partial charge in [0.05, 0.1) is 19.6 Å². The van der Waals surface area contributed by atoms with Crippen molar-refractivity contribution in [3.05, 3.63) is 167 Å². The Hall–Kier alpha value is -4.91. The van der Waals surface area contributed by atoms with E-state index in [2.05, 4.69) is 0 Å². The van der Waals surface area contributed by atoms with E-state index in [0.29, 0.717) is 26.4 Å². The smallest absolute Gasteiger partial charge is 0.310 e. The van der Waals surface area contributed by atoms with Crippen LogP contribution in [0.2, 0.25) is 0 Å². The van der Waals surface area contributed by atoms with Gasteiger partial charge in [-0.05, 0) is 57.6 Å². The van der Waals surface area contributed by atoms with Crippen LogP contribution in [0.3, 0.4) is 0 Å². The van der Waals surface area contributed by atoms with Crippen LogP contribution in [0, 0.1) is 0 Å². The zero-order valence-electron chi connectivity index (χ0n) is 24.6. The molecule has 0 atom stereocenters. The van der Waals surface area contributed by atoms with Crippen molar-refractivity contribution in [2.45, 2.75) is 39.5 Å². The van der Waals surface area contributed by atoms with E-state index in [9.17, 15) is 4.79 Å². The molecule has 0 bridgehead atoms. The predicted molar refractivity (Wildman–Crippen MR) is 169 cm³/mol. The van der Waals surface area contributed by atoms with E-state index < -0.39 is 0 Å². The minimum atomic E-state index is -0.276. The molecule has 5 rings (SSSR count). The van der Waals surface area contributed by atoms with E-state index in [1.807, 2.05) is 133 Å². The van der Waals surface area contributed by atoms with Crippen LogP contribution >= 0.6 is 0 Å². The second-order valence-electron chi connectivity index (χ2n) is 10.3. The van der Waals surface area contributed by atoms with E-state index in [1.54, 1.807) is 0 Å². The molecule has 0 radical (unpaired) electrons. The molecule has 0 aromatic heterocycles. The van der Waals surface area contributed by atoms with Gasteiger partial charge in [-0.1, -0.05) is 109 Å². The number of ether oxygens (including phenoxy) is 5. The molecule has 6 nitrogen and oxygen atoms in total. The van der Waals surface area contributed by atoms with Crippen LogP contribution < -0.4 is 9.47 Å². The number of carbonyl (C=O) groups is 1. The number of hydrogen-bond donors (Lipinski definition) is 0. The minimum absolute atomic E-state index is 0.186. The number of benzene rings is 5. The van der Waals surface area contributed by atoms with E-state index in [1.165, 1.54) is 0 Å². The molecule has 0 saturated carbocycles. The Kier molecular flexibility index (Phi) is 11.6. The Bertz CT molecular complexity index is 1530. The molecule has 5 aromatic rings. The first-order valence-corrected chi connectivity index (χ1v) is 14.6. The van der Waals surface area contributed by atoms with Crippen molar-refractivity contribution in [2.24, 2.45) is 0 Å². The summed E-state index contributed by atoms with van der Waals surface area (Å²) in [6.07, 6.45) is 0.205. The minimum Gasteiger partial charge on any atom is -0.489 e. The monoisotopic (exact) mass is 588 g/mol. The quantitative estimate of drug-likeness (QED) is 0.0665. The third-order valence-corrected chi connectivity index (χ3v) is 6.82. The number of esters is 1. The summed E-state index contributed by atoms with van der Waals surface area (Å²) >= 11 is 0. The molecule has 0 heterocycles. The highest BCUT2D eigenvalue weighted by atomic mass is 16.7. The standard InChI is InChI=1S/C38H36O6/c39-38(23-30-15-19-36(20-16-30)42-26-31-7-3-1-4-8-31)44-28-35-13-11-33(12-14-35)24-40-29-41-25-34-17-21-37(22-18-34)43-27-32-9-5-2-6-10-32/h1-22H,23-29H2. The van der Waals surface area contributed by atoms with Gasteiger partial charge in [0.2, 0.25) is 0 Å². The van der Waals surface area contributed by atoms with Crippen LogP contribution in [-0.2, 0) is 58.5 Å². The molecule has 0 amide bonds. The van der Waals surface area contributed by atoms with Gasteiger partial charge in [-0.2, -0.15) is 0 Å². The van der Waals surface area contributed by atoms with Crippen molar-refractivity contribution in [2.75, 3.05) is 6.79 Å². The van der Waals surface area contributed by atoms with Gasteiger partial charge < -0.3 is 23.7 Å². The van der Waals surface area contributed by atoms with Gasteiger partial charge >= 0.3 is 5.97 Å². The van der Waals surface area contributed by atoms with Gasteiger partial charge in [-0.25, -0.2) is 0 Å². The molecule has 0 aliphatic heterocycles. The summed E-state index contributed by atoms with van der Waals surface area (Å²) in [4.78, 5) is 12.4. The molecular weight excluding hydrogens is 552 g/mol. The average molecular weight is 589 g/mol. The van der Waals surface area contributed by atoms with Gasteiger partial charge in [-0.15, -0.1) is 0 Å². The molecule has 6 heteroatoms. The summed E-state index contributed by atoms with van der Waals surface area (Å²) < 4.78 is 28.4.